The highest BCUT2D eigenvalue weighted by Crippen LogP contribution is 2.45. The van der Waals surface area contributed by atoms with Gasteiger partial charge in [-0.15, -0.1) is 0 Å². The molecule has 3 unspecified atom stereocenters. The molecule has 0 amide bonds. The Morgan fingerprint density at radius 3 is 0.844 bits per heavy atom. The van der Waals surface area contributed by atoms with Gasteiger partial charge in [0.15, 0.2) is 12.2 Å². The summed E-state index contributed by atoms with van der Waals surface area (Å²) in [5.74, 6) is -0.583. The normalized spacial score (nSPS) is 14.4. The number of unbranched alkanes of at least 4 members (excludes halogenated alkanes) is 39. The van der Waals surface area contributed by atoms with E-state index in [4.69, 9.17) is 37.0 Å². The van der Waals surface area contributed by atoms with Gasteiger partial charge in [0.05, 0.1) is 26.4 Å². The zero-order valence-corrected chi connectivity index (χ0v) is 60.2. The van der Waals surface area contributed by atoms with Gasteiger partial charge in [-0.2, -0.15) is 0 Å². The standard InChI is InChI=1S/C71H138O17P2/c1-7-10-12-14-15-16-17-18-19-20-21-22-23-28-31-37-43-49-55-70(75)88-67(60-82-69(74)54-48-42-36-30-27-25-24-26-29-34-40-45-51-63(4)5)62-86-90(79,80)84-58-65(72)57-83-89(77,78)85-61-66(59-81-68(73)53-47-39-13-11-8-2)87-71(76)56-50-44-38-33-32-35-41-46-52-64(6)9-3/h63-67,72H,7-62H2,1-6H3,(H,77,78)(H,79,80)/t64?,65-,66+,67+/m0/s1. The van der Waals surface area contributed by atoms with Crippen molar-refractivity contribution in [2.45, 2.75) is 381 Å². The molecule has 0 aromatic heterocycles. The second-order valence-corrected chi connectivity index (χ2v) is 29.3. The fourth-order valence-electron chi connectivity index (χ4n) is 10.7. The molecule has 0 aliphatic carbocycles. The number of phosphoric ester groups is 2. The van der Waals surface area contributed by atoms with Crippen molar-refractivity contribution in [3.8, 4) is 0 Å². The number of hydrogen-bond donors (Lipinski definition) is 3. The number of phosphoric acid groups is 2. The minimum absolute atomic E-state index is 0.104. The predicted octanol–water partition coefficient (Wildman–Crippen LogP) is 20.4. The molecule has 0 aromatic rings. The third-order valence-corrected chi connectivity index (χ3v) is 18.7. The van der Waals surface area contributed by atoms with E-state index in [1.165, 1.54) is 173 Å². The summed E-state index contributed by atoms with van der Waals surface area (Å²) in [7, 11) is -9.89. The van der Waals surface area contributed by atoms with E-state index in [0.717, 1.165) is 108 Å². The molecule has 0 aliphatic rings. The first-order valence-corrected chi connectivity index (χ1v) is 40.0. The average molecular weight is 1330 g/mol. The van der Waals surface area contributed by atoms with Crippen molar-refractivity contribution in [1.29, 1.82) is 0 Å². The minimum Gasteiger partial charge on any atom is -0.462 e. The molecule has 0 aromatic carbocycles. The third-order valence-electron chi connectivity index (χ3n) is 16.8. The van der Waals surface area contributed by atoms with Crippen LogP contribution in [0, 0.1) is 11.8 Å². The van der Waals surface area contributed by atoms with Gasteiger partial charge < -0.3 is 33.8 Å². The molecule has 0 heterocycles. The van der Waals surface area contributed by atoms with E-state index in [-0.39, 0.29) is 25.7 Å². The summed E-state index contributed by atoms with van der Waals surface area (Å²) in [6.45, 7) is 9.48. The van der Waals surface area contributed by atoms with Crippen LogP contribution in [0.2, 0.25) is 0 Å². The molecule has 19 heteroatoms. The molecule has 3 N–H and O–H groups in total. The molecule has 0 rings (SSSR count). The Kier molecular flexibility index (Phi) is 61.8. The zero-order valence-electron chi connectivity index (χ0n) is 58.4. The van der Waals surface area contributed by atoms with Crippen molar-refractivity contribution in [2.75, 3.05) is 39.6 Å². The van der Waals surface area contributed by atoms with Crippen LogP contribution in [0.4, 0.5) is 0 Å². The molecule has 0 aliphatic heterocycles. The second kappa shape index (κ2) is 63.1. The maximum Gasteiger partial charge on any atom is 0.472 e. The van der Waals surface area contributed by atoms with E-state index in [1.807, 2.05) is 0 Å². The molecule has 6 atom stereocenters. The zero-order chi connectivity index (χ0) is 66.5. The Balaban J connectivity index is 5.16. The maximum absolute atomic E-state index is 13.0. The molecule has 0 fully saturated rings. The molecule has 0 bridgehead atoms. The van der Waals surface area contributed by atoms with Crippen LogP contribution in [0.5, 0.6) is 0 Å². The monoisotopic (exact) mass is 1320 g/mol. The molecule has 0 radical (unpaired) electrons. The Labute approximate surface area is 549 Å². The highest BCUT2D eigenvalue weighted by Gasteiger charge is 2.30. The van der Waals surface area contributed by atoms with Crippen LogP contribution in [0.3, 0.4) is 0 Å². The molecular weight excluding hydrogens is 1190 g/mol. The molecule has 17 nitrogen and oxygen atoms in total. The van der Waals surface area contributed by atoms with Gasteiger partial charge in [0.1, 0.15) is 19.3 Å². The summed E-state index contributed by atoms with van der Waals surface area (Å²) in [5.41, 5.74) is 0. The van der Waals surface area contributed by atoms with E-state index in [2.05, 4.69) is 41.5 Å². The number of carbonyl (C=O) groups excluding carboxylic acids is 4. The van der Waals surface area contributed by atoms with Crippen LogP contribution >= 0.6 is 15.6 Å². The van der Waals surface area contributed by atoms with Gasteiger partial charge >= 0.3 is 39.5 Å². The van der Waals surface area contributed by atoms with Crippen molar-refractivity contribution >= 4 is 39.5 Å². The fraction of sp³-hybridized carbons (Fsp3) is 0.944. The summed E-state index contributed by atoms with van der Waals surface area (Å²) < 4.78 is 68.1. The van der Waals surface area contributed by atoms with Crippen LogP contribution in [0.25, 0.3) is 0 Å². The fourth-order valence-corrected chi connectivity index (χ4v) is 12.3. The van der Waals surface area contributed by atoms with Crippen LogP contribution in [0.15, 0.2) is 0 Å². The highest BCUT2D eigenvalue weighted by molar-refractivity contribution is 7.47. The van der Waals surface area contributed by atoms with E-state index < -0.39 is 97.5 Å². The lowest BCUT2D eigenvalue weighted by Crippen LogP contribution is -2.30. The second-order valence-electron chi connectivity index (χ2n) is 26.3. The first kappa shape index (κ1) is 88.1. The first-order valence-electron chi connectivity index (χ1n) is 37.0. The Hall–Kier alpha value is -1.94. The summed E-state index contributed by atoms with van der Waals surface area (Å²) in [6, 6.07) is 0. The number of aliphatic hydroxyl groups is 1. The van der Waals surface area contributed by atoms with Crippen LogP contribution in [0.1, 0.15) is 363 Å². The van der Waals surface area contributed by atoms with Crippen LogP contribution in [-0.4, -0.2) is 96.7 Å². The lowest BCUT2D eigenvalue weighted by molar-refractivity contribution is -0.161. The summed E-state index contributed by atoms with van der Waals surface area (Å²) in [6.07, 6.45) is 48.9. The molecule has 90 heavy (non-hydrogen) atoms. The minimum atomic E-state index is -4.95. The van der Waals surface area contributed by atoms with Gasteiger partial charge in [-0.25, -0.2) is 9.13 Å². The number of carbonyl (C=O) groups is 4. The van der Waals surface area contributed by atoms with E-state index in [1.54, 1.807) is 0 Å². The van der Waals surface area contributed by atoms with Crippen molar-refractivity contribution in [1.82, 2.24) is 0 Å². The molecule has 0 saturated carbocycles. The highest BCUT2D eigenvalue weighted by atomic mass is 31.2. The lowest BCUT2D eigenvalue weighted by atomic mass is 9.99. The summed E-state index contributed by atoms with van der Waals surface area (Å²) >= 11 is 0. The molecule has 0 saturated heterocycles. The molecular formula is C71H138O17P2. The largest absolute Gasteiger partial charge is 0.472 e. The van der Waals surface area contributed by atoms with E-state index >= 15 is 0 Å². The Morgan fingerprint density at radius 1 is 0.322 bits per heavy atom. The van der Waals surface area contributed by atoms with Gasteiger partial charge in [-0.05, 0) is 37.5 Å². The van der Waals surface area contributed by atoms with Crippen molar-refractivity contribution in [2.24, 2.45) is 11.8 Å². The molecule has 0 spiro atoms. The van der Waals surface area contributed by atoms with E-state index in [0.29, 0.717) is 25.7 Å². The van der Waals surface area contributed by atoms with Gasteiger partial charge in [-0.3, -0.25) is 37.3 Å². The number of aliphatic hydroxyl groups excluding tert-OH is 1. The van der Waals surface area contributed by atoms with E-state index in [9.17, 15) is 43.2 Å². The summed E-state index contributed by atoms with van der Waals surface area (Å²) in [4.78, 5) is 72.3. The Bertz CT molecular complexity index is 1750. The maximum atomic E-state index is 13.0. The SMILES string of the molecule is CCCCCCCCCCCCCCCCCCCCC(=O)O[C@H](COC(=O)CCCCCCCCCCCCCCC(C)C)COP(=O)(O)OC[C@@H](O)COP(=O)(O)OC[C@@H](COC(=O)CCCCCCC)OC(=O)CCCCCCCCCCC(C)CC. The van der Waals surface area contributed by atoms with Gasteiger partial charge in [0.2, 0.25) is 0 Å². The number of ether oxygens (including phenoxy) is 4. The predicted molar refractivity (Wildman–Crippen MR) is 363 cm³/mol. The van der Waals surface area contributed by atoms with Crippen molar-refractivity contribution in [3.63, 3.8) is 0 Å². The van der Waals surface area contributed by atoms with Gasteiger partial charge in [0.25, 0.3) is 0 Å². The summed E-state index contributed by atoms with van der Waals surface area (Å²) in [5, 5.41) is 10.6. The lowest BCUT2D eigenvalue weighted by Gasteiger charge is -2.21. The quantitative estimate of drug-likeness (QED) is 0.0222. The van der Waals surface area contributed by atoms with Crippen molar-refractivity contribution in [3.05, 3.63) is 0 Å². The smallest absolute Gasteiger partial charge is 0.462 e. The van der Waals surface area contributed by atoms with Crippen LogP contribution < -0.4 is 0 Å². The molecule has 534 valence electrons. The van der Waals surface area contributed by atoms with Gasteiger partial charge in [-0.1, -0.05) is 311 Å². The van der Waals surface area contributed by atoms with Crippen LogP contribution in [-0.2, 0) is 65.4 Å². The number of hydrogen-bond acceptors (Lipinski definition) is 15. The topological polar surface area (TPSA) is 237 Å². The average Bonchev–Trinajstić information content (AvgIpc) is 3.71. The van der Waals surface area contributed by atoms with Gasteiger partial charge in [0, 0.05) is 25.7 Å². The first-order chi connectivity index (χ1) is 43.4. The number of rotatable bonds is 70. The third kappa shape index (κ3) is 63.5. The Morgan fingerprint density at radius 2 is 0.567 bits per heavy atom. The number of esters is 4. The van der Waals surface area contributed by atoms with Crippen molar-refractivity contribution < 1.29 is 80.2 Å².